The zero-order valence-electron chi connectivity index (χ0n) is 30.8. The molecule has 0 fully saturated rings. The third kappa shape index (κ3) is 8.80. The zero-order chi connectivity index (χ0) is 34.8. The van der Waals surface area contributed by atoms with Crippen molar-refractivity contribution in [2.45, 2.75) is 117 Å². The molecule has 1 aliphatic rings. The van der Waals surface area contributed by atoms with Crippen molar-refractivity contribution < 1.29 is 13.6 Å². The maximum Gasteiger partial charge on any atom is 0.192 e. The predicted molar refractivity (Wildman–Crippen MR) is 200 cm³/mol. The number of hydrogen-bond acceptors (Lipinski definition) is 8. The quantitative estimate of drug-likeness (QED) is 0.165. The van der Waals surface area contributed by atoms with Gasteiger partial charge in [0.15, 0.2) is 22.5 Å². The number of rotatable bonds is 13. The summed E-state index contributed by atoms with van der Waals surface area (Å²) in [5.41, 5.74) is 5.18. The smallest absolute Gasteiger partial charge is 0.192 e. The molecule has 1 heterocycles. The normalized spacial score (nSPS) is 15.7. The van der Waals surface area contributed by atoms with Crippen molar-refractivity contribution in [2.75, 3.05) is 26.3 Å². The number of benzene rings is 2. The second-order valence-corrected chi connectivity index (χ2v) is 26.5. The van der Waals surface area contributed by atoms with E-state index in [0.29, 0.717) is 17.4 Å². The van der Waals surface area contributed by atoms with Crippen LogP contribution in [-0.4, -0.2) is 63.3 Å². The molecule has 0 aliphatic heterocycles. The van der Waals surface area contributed by atoms with Gasteiger partial charge < -0.3 is 13.6 Å². The number of fused-ring (bicyclic) bond motifs is 1. The van der Waals surface area contributed by atoms with Crippen LogP contribution >= 0.6 is 11.5 Å². The maximum atomic E-state index is 9.74. The molecule has 3 aromatic rings. The van der Waals surface area contributed by atoms with Gasteiger partial charge in [0.1, 0.15) is 16.8 Å². The van der Waals surface area contributed by atoms with E-state index in [1.165, 1.54) is 22.7 Å². The molecule has 0 amide bonds. The second-order valence-electron chi connectivity index (χ2n) is 16.1. The van der Waals surface area contributed by atoms with Gasteiger partial charge in [0.2, 0.25) is 0 Å². The molecule has 4 rings (SSSR count). The molecule has 0 unspecified atom stereocenters. The average molecular weight is 693 g/mol. The van der Waals surface area contributed by atoms with Crippen LogP contribution in [0.4, 0.5) is 0 Å². The Bertz CT molecular complexity index is 1530. The molecule has 1 atom stereocenters. The van der Waals surface area contributed by atoms with Gasteiger partial charge in [0.05, 0.1) is 11.7 Å². The molecule has 0 saturated carbocycles. The standard InChI is InChI=1S/C37H56N4O3SSi2/c1-26(2)44-33-19-16-27(24-28(33)25-38)35-39-34(40-45-35)31-15-13-14-30-29(31)17-18-32(30)41(20-22-42-46(9,10)36(3,4)5)21-23-43-47(11,12)37(6,7)8/h13-16,19,24,26,32H,17-18,20-23H2,1-12H3/t32-/m1/s1. The molecule has 0 spiro atoms. The molecule has 2 aromatic carbocycles. The Morgan fingerprint density at radius 3 is 2.13 bits per heavy atom. The minimum absolute atomic E-state index is 0.00423. The van der Waals surface area contributed by atoms with Crippen LogP contribution in [0.5, 0.6) is 5.75 Å². The minimum Gasteiger partial charge on any atom is -0.490 e. The summed E-state index contributed by atoms with van der Waals surface area (Å²) >= 11 is 1.37. The summed E-state index contributed by atoms with van der Waals surface area (Å²) in [5, 5.41) is 10.9. The van der Waals surface area contributed by atoms with Crippen LogP contribution in [0, 0.1) is 11.3 Å². The Labute approximate surface area is 290 Å². The minimum atomic E-state index is -1.86. The van der Waals surface area contributed by atoms with Crippen LogP contribution in [0.15, 0.2) is 36.4 Å². The maximum absolute atomic E-state index is 9.74. The summed E-state index contributed by atoms with van der Waals surface area (Å²) in [6.07, 6.45) is 2.02. The molecule has 0 saturated heterocycles. The van der Waals surface area contributed by atoms with E-state index in [0.717, 1.165) is 61.1 Å². The van der Waals surface area contributed by atoms with Crippen LogP contribution in [-0.2, 0) is 15.3 Å². The third-order valence-corrected chi connectivity index (χ3v) is 20.2. The van der Waals surface area contributed by atoms with Crippen molar-refractivity contribution >= 4 is 28.2 Å². The topological polar surface area (TPSA) is 80.5 Å². The lowest BCUT2D eigenvalue weighted by atomic mass is 10.0. The van der Waals surface area contributed by atoms with Gasteiger partial charge in [-0.3, -0.25) is 4.90 Å². The molecule has 47 heavy (non-hydrogen) atoms. The van der Waals surface area contributed by atoms with E-state index in [1.54, 1.807) is 0 Å². The summed E-state index contributed by atoms with van der Waals surface area (Å²) in [6.45, 7) is 30.3. The van der Waals surface area contributed by atoms with Crippen LogP contribution in [0.25, 0.3) is 22.0 Å². The van der Waals surface area contributed by atoms with Crippen molar-refractivity contribution in [3.8, 4) is 33.8 Å². The van der Waals surface area contributed by atoms with E-state index < -0.39 is 16.6 Å². The summed E-state index contributed by atoms with van der Waals surface area (Å²) in [7, 11) is -3.71. The monoisotopic (exact) mass is 692 g/mol. The summed E-state index contributed by atoms with van der Waals surface area (Å²) in [5.74, 6) is 1.34. The Balaban J connectivity index is 1.58. The Morgan fingerprint density at radius 1 is 0.957 bits per heavy atom. The van der Waals surface area contributed by atoms with Gasteiger partial charge in [-0.25, -0.2) is 4.98 Å². The molecule has 0 bridgehead atoms. The highest BCUT2D eigenvalue weighted by atomic mass is 32.1. The highest BCUT2D eigenvalue weighted by Crippen LogP contribution is 2.42. The van der Waals surface area contributed by atoms with Crippen LogP contribution in [0.2, 0.25) is 36.3 Å². The summed E-state index contributed by atoms with van der Waals surface area (Å²) in [4.78, 5) is 7.57. The molecule has 7 nitrogen and oxygen atoms in total. The lowest BCUT2D eigenvalue weighted by molar-refractivity contribution is 0.125. The van der Waals surface area contributed by atoms with Crippen molar-refractivity contribution in [1.82, 2.24) is 14.3 Å². The predicted octanol–water partition coefficient (Wildman–Crippen LogP) is 9.86. The van der Waals surface area contributed by atoms with E-state index in [1.807, 2.05) is 32.0 Å². The summed E-state index contributed by atoms with van der Waals surface area (Å²) < 4.78 is 24.0. The highest BCUT2D eigenvalue weighted by molar-refractivity contribution is 7.09. The first-order valence-corrected chi connectivity index (χ1v) is 23.6. The van der Waals surface area contributed by atoms with Crippen LogP contribution in [0.3, 0.4) is 0 Å². The lowest BCUT2D eigenvalue weighted by Gasteiger charge is -2.39. The first-order valence-electron chi connectivity index (χ1n) is 17.0. The fourth-order valence-electron chi connectivity index (χ4n) is 5.47. The second kappa shape index (κ2) is 14.6. The van der Waals surface area contributed by atoms with Gasteiger partial charge in [-0.1, -0.05) is 59.7 Å². The highest BCUT2D eigenvalue weighted by Gasteiger charge is 2.39. The molecule has 0 radical (unpaired) electrons. The van der Waals surface area contributed by atoms with Crippen molar-refractivity contribution in [3.63, 3.8) is 0 Å². The van der Waals surface area contributed by atoms with Gasteiger partial charge in [-0.2, -0.15) is 9.64 Å². The fourth-order valence-corrected chi connectivity index (χ4v) is 8.21. The number of aromatic nitrogens is 2. The van der Waals surface area contributed by atoms with E-state index in [2.05, 4.69) is 96.9 Å². The number of nitrogens with zero attached hydrogens (tertiary/aromatic N) is 4. The number of nitriles is 1. The first kappa shape index (κ1) is 37.4. The number of hydrogen-bond donors (Lipinski definition) is 0. The largest absolute Gasteiger partial charge is 0.490 e. The van der Waals surface area contributed by atoms with Crippen LogP contribution < -0.4 is 4.74 Å². The van der Waals surface area contributed by atoms with Crippen LogP contribution in [0.1, 0.15) is 84.5 Å². The molecular weight excluding hydrogens is 637 g/mol. The molecule has 1 aliphatic carbocycles. The Kier molecular flexibility index (Phi) is 11.6. The lowest BCUT2D eigenvalue weighted by Crippen LogP contribution is -2.45. The van der Waals surface area contributed by atoms with Gasteiger partial charge >= 0.3 is 0 Å². The molecule has 10 heteroatoms. The van der Waals surface area contributed by atoms with Gasteiger partial charge in [-0.05, 0) is 104 Å². The third-order valence-electron chi connectivity index (χ3n) is 10.4. The summed E-state index contributed by atoms with van der Waals surface area (Å²) in [6, 6.07) is 14.8. The molecular formula is C37H56N4O3SSi2. The fraction of sp³-hybridized carbons (Fsp3) is 0.595. The van der Waals surface area contributed by atoms with E-state index in [4.69, 9.17) is 22.9 Å². The van der Waals surface area contributed by atoms with E-state index in [-0.39, 0.29) is 16.2 Å². The first-order chi connectivity index (χ1) is 21.8. The van der Waals surface area contributed by atoms with Crippen molar-refractivity contribution in [1.29, 1.82) is 5.26 Å². The molecule has 1 aromatic heterocycles. The van der Waals surface area contributed by atoms with E-state index in [9.17, 15) is 5.26 Å². The van der Waals surface area contributed by atoms with E-state index >= 15 is 0 Å². The van der Waals surface area contributed by atoms with Gasteiger partial charge in [0, 0.05) is 43.5 Å². The van der Waals surface area contributed by atoms with Crippen molar-refractivity contribution in [2.24, 2.45) is 0 Å². The van der Waals surface area contributed by atoms with Gasteiger partial charge in [0.25, 0.3) is 0 Å². The Morgan fingerprint density at radius 2 is 1.57 bits per heavy atom. The Hall–Kier alpha value is -2.40. The average Bonchev–Trinajstić information content (AvgIpc) is 3.63. The molecule has 256 valence electrons. The molecule has 0 N–H and O–H groups in total. The SMILES string of the molecule is CC(C)Oc1ccc(-c2nc(-c3cccc4c3CC[C@H]4N(CCO[Si](C)(C)C(C)(C)C)CCO[Si](C)(C)C(C)(C)C)ns2)cc1C#N. The van der Waals surface area contributed by atoms with Gasteiger partial charge in [-0.15, -0.1) is 0 Å². The van der Waals surface area contributed by atoms with Crippen molar-refractivity contribution in [3.05, 3.63) is 53.1 Å². The zero-order valence-corrected chi connectivity index (χ0v) is 33.6. The number of ether oxygens (including phenoxy) is 1.